The van der Waals surface area contributed by atoms with Gasteiger partial charge in [-0.15, -0.1) is 0 Å². The Morgan fingerprint density at radius 2 is 2.17 bits per heavy atom. The van der Waals surface area contributed by atoms with Gasteiger partial charge in [0.15, 0.2) is 0 Å². The van der Waals surface area contributed by atoms with Crippen LogP contribution in [0.5, 0.6) is 5.75 Å². The first-order chi connectivity index (χ1) is 11.4. The number of nitrogens with one attached hydrogen (secondary N) is 1. The second kappa shape index (κ2) is 8.12. The van der Waals surface area contributed by atoms with Crippen LogP contribution in [0.4, 0.5) is 10.2 Å². The predicted octanol–water partition coefficient (Wildman–Crippen LogP) is 1.46. The Hall–Kier alpha value is -2.12. The third-order valence-electron chi connectivity index (χ3n) is 3.66. The van der Waals surface area contributed by atoms with E-state index in [-0.39, 0.29) is 12.4 Å². The van der Waals surface area contributed by atoms with E-state index in [9.17, 15) is 9.50 Å². The zero-order valence-corrected chi connectivity index (χ0v) is 14.6. The fraction of sp³-hybridized carbons (Fsp3) is 0.471. The van der Waals surface area contributed by atoms with Gasteiger partial charge in [-0.05, 0) is 19.1 Å². The number of rotatable bonds is 8. The molecule has 0 unspecified atom stereocenters. The molecule has 2 N–H and O–H groups in total. The van der Waals surface area contributed by atoms with Crippen LogP contribution >= 0.6 is 0 Å². The Kier molecular flexibility index (Phi) is 6.16. The molecule has 0 aliphatic carbocycles. The number of hydrogen-bond acceptors (Lipinski definition) is 5. The lowest BCUT2D eigenvalue weighted by molar-refractivity contribution is 0.106. The van der Waals surface area contributed by atoms with Crippen molar-refractivity contribution in [3.05, 3.63) is 41.3 Å². The molecule has 1 aromatic carbocycles. The number of nitrogens with zero attached hydrogens (tertiary/aromatic N) is 3. The van der Waals surface area contributed by atoms with E-state index in [1.54, 1.807) is 12.1 Å². The van der Waals surface area contributed by atoms with Crippen LogP contribution in [0.25, 0.3) is 0 Å². The van der Waals surface area contributed by atoms with E-state index in [4.69, 9.17) is 4.74 Å². The second-order valence-corrected chi connectivity index (χ2v) is 5.96. The standard InChI is InChI=1S/C17H25FN4O2/c1-12-16(17(21(2)3)22(4)20-12)10-19-9-14(23)11-24-15-7-5-6-13(18)8-15/h5-8,14,19,23H,9-11H2,1-4H3/t14-/m1/s1. The number of aliphatic hydroxyl groups is 1. The Bertz CT molecular complexity index is 673. The maximum atomic E-state index is 13.1. The molecular formula is C17H25FN4O2. The van der Waals surface area contributed by atoms with Crippen LogP contribution in [0, 0.1) is 12.7 Å². The van der Waals surface area contributed by atoms with Crippen LogP contribution < -0.4 is 15.0 Å². The van der Waals surface area contributed by atoms with Crippen molar-refractivity contribution in [3.63, 3.8) is 0 Å². The molecule has 0 saturated carbocycles. The molecular weight excluding hydrogens is 311 g/mol. The van der Waals surface area contributed by atoms with E-state index in [0.29, 0.717) is 18.8 Å². The molecule has 1 atom stereocenters. The van der Waals surface area contributed by atoms with Crippen molar-refractivity contribution in [1.29, 1.82) is 0 Å². The van der Waals surface area contributed by atoms with Crippen molar-refractivity contribution in [2.45, 2.75) is 19.6 Å². The van der Waals surface area contributed by atoms with Gasteiger partial charge in [0.25, 0.3) is 0 Å². The Labute approximate surface area is 141 Å². The summed E-state index contributed by atoms with van der Waals surface area (Å²) in [5.41, 5.74) is 2.06. The summed E-state index contributed by atoms with van der Waals surface area (Å²) in [6.07, 6.45) is -0.687. The smallest absolute Gasteiger partial charge is 0.130 e. The largest absolute Gasteiger partial charge is 0.491 e. The maximum Gasteiger partial charge on any atom is 0.130 e. The minimum atomic E-state index is -0.687. The Morgan fingerprint density at radius 1 is 1.42 bits per heavy atom. The number of hydrogen-bond donors (Lipinski definition) is 2. The number of anilines is 1. The zero-order chi connectivity index (χ0) is 17.7. The van der Waals surface area contributed by atoms with Gasteiger partial charge in [-0.25, -0.2) is 4.39 Å². The van der Waals surface area contributed by atoms with E-state index in [1.807, 2.05) is 37.6 Å². The fourth-order valence-corrected chi connectivity index (χ4v) is 2.63. The third kappa shape index (κ3) is 4.69. The van der Waals surface area contributed by atoms with Gasteiger partial charge in [0, 0.05) is 45.9 Å². The van der Waals surface area contributed by atoms with Gasteiger partial charge in [-0.2, -0.15) is 5.10 Å². The van der Waals surface area contributed by atoms with Crippen LogP contribution in [0.3, 0.4) is 0 Å². The van der Waals surface area contributed by atoms with Crippen LogP contribution in [-0.2, 0) is 13.6 Å². The van der Waals surface area contributed by atoms with Gasteiger partial charge in [0.2, 0.25) is 0 Å². The van der Waals surface area contributed by atoms with Crippen LogP contribution in [0.1, 0.15) is 11.3 Å². The highest BCUT2D eigenvalue weighted by Gasteiger charge is 2.15. The van der Waals surface area contributed by atoms with E-state index in [1.165, 1.54) is 12.1 Å². The average Bonchev–Trinajstić information content (AvgIpc) is 2.79. The van der Waals surface area contributed by atoms with Crippen molar-refractivity contribution >= 4 is 5.82 Å². The summed E-state index contributed by atoms with van der Waals surface area (Å²) in [7, 11) is 5.86. The Morgan fingerprint density at radius 3 is 2.83 bits per heavy atom. The van der Waals surface area contributed by atoms with Gasteiger partial charge in [-0.1, -0.05) is 6.07 Å². The molecule has 1 heterocycles. The van der Waals surface area contributed by atoms with E-state index in [0.717, 1.165) is 17.1 Å². The normalized spacial score (nSPS) is 12.2. The lowest BCUT2D eigenvalue weighted by Gasteiger charge is -2.17. The van der Waals surface area contributed by atoms with E-state index < -0.39 is 6.10 Å². The molecule has 0 aliphatic rings. The SMILES string of the molecule is Cc1nn(C)c(N(C)C)c1CNC[C@@H](O)COc1cccc(F)c1. The molecule has 6 nitrogen and oxygen atoms in total. The summed E-state index contributed by atoms with van der Waals surface area (Å²) >= 11 is 0. The molecule has 0 aliphatic heterocycles. The summed E-state index contributed by atoms with van der Waals surface area (Å²) < 4.78 is 20.3. The van der Waals surface area contributed by atoms with E-state index >= 15 is 0 Å². The number of benzene rings is 1. The van der Waals surface area contributed by atoms with Crippen LogP contribution in [0.2, 0.25) is 0 Å². The topological polar surface area (TPSA) is 62.6 Å². The van der Waals surface area contributed by atoms with Crippen molar-refractivity contribution in [3.8, 4) is 5.75 Å². The number of ether oxygens (including phenoxy) is 1. The lowest BCUT2D eigenvalue weighted by Crippen LogP contribution is -2.31. The van der Waals surface area contributed by atoms with Crippen LogP contribution in [0.15, 0.2) is 24.3 Å². The van der Waals surface area contributed by atoms with Crippen molar-refractivity contribution in [2.24, 2.45) is 7.05 Å². The second-order valence-electron chi connectivity index (χ2n) is 5.96. The summed E-state index contributed by atoms with van der Waals surface area (Å²) in [5, 5.41) is 17.6. The van der Waals surface area contributed by atoms with Crippen LogP contribution in [-0.4, -0.2) is 48.2 Å². The molecule has 24 heavy (non-hydrogen) atoms. The zero-order valence-electron chi connectivity index (χ0n) is 14.6. The molecule has 2 aromatic rings. The maximum absolute atomic E-state index is 13.1. The predicted molar refractivity (Wildman–Crippen MR) is 91.9 cm³/mol. The minimum absolute atomic E-state index is 0.100. The minimum Gasteiger partial charge on any atom is -0.491 e. The molecule has 0 fully saturated rings. The Balaban J connectivity index is 1.82. The quantitative estimate of drug-likeness (QED) is 0.764. The molecule has 132 valence electrons. The fourth-order valence-electron chi connectivity index (χ4n) is 2.63. The van der Waals surface area contributed by atoms with Crippen molar-refractivity contribution < 1.29 is 14.2 Å². The third-order valence-corrected chi connectivity index (χ3v) is 3.66. The summed E-state index contributed by atoms with van der Waals surface area (Å²) in [4.78, 5) is 2.01. The van der Waals surface area contributed by atoms with Gasteiger partial charge < -0.3 is 20.1 Å². The average molecular weight is 336 g/mol. The first-order valence-corrected chi connectivity index (χ1v) is 7.85. The first-order valence-electron chi connectivity index (χ1n) is 7.85. The van der Waals surface area contributed by atoms with Gasteiger partial charge in [0.1, 0.15) is 30.1 Å². The van der Waals surface area contributed by atoms with Gasteiger partial charge in [0.05, 0.1) is 5.69 Å². The highest BCUT2D eigenvalue weighted by molar-refractivity contribution is 5.48. The monoisotopic (exact) mass is 336 g/mol. The number of aromatic nitrogens is 2. The summed E-state index contributed by atoms with van der Waals surface area (Å²) in [6, 6.07) is 5.88. The molecule has 1 aromatic heterocycles. The summed E-state index contributed by atoms with van der Waals surface area (Å²) in [6.45, 7) is 3.04. The van der Waals surface area contributed by atoms with E-state index in [2.05, 4.69) is 10.4 Å². The molecule has 0 spiro atoms. The number of aliphatic hydroxyl groups excluding tert-OH is 1. The highest BCUT2D eigenvalue weighted by atomic mass is 19.1. The molecule has 0 radical (unpaired) electrons. The van der Waals surface area contributed by atoms with Crippen molar-refractivity contribution in [1.82, 2.24) is 15.1 Å². The van der Waals surface area contributed by atoms with Gasteiger partial charge in [-0.3, -0.25) is 4.68 Å². The molecule has 0 bridgehead atoms. The molecule has 7 heteroatoms. The summed E-state index contributed by atoms with van der Waals surface area (Å²) in [5.74, 6) is 1.08. The first kappa shape index (κ1) is 18.2. The molecule has 0 amide bonds. The molecule has 0 saturated heterocycles. The number of halogens is 1. The lowest BCUT2D eigenvalue weighted by atomic mass is 10.2. The number of aryl methyl sites for hydroxylation is 2. The van der Waals surface area contributed by atoms with Gasteiger partial charge >= 0.3 is 0 Å². The van der Waals surface area contributed by atoms with Crippen molar-refractivity contribution in [2.75, 3.05) is 32.1 Å². The highest BCUT2D eigenvalue weighted by Crippen LogP contribution is 2.20. The molecule has 2 rings (SSSR count).